The van der Waals surface area contributed by atoms with E-state index in [4.69, 9.17) is 5.11 Å². The zero-order valence-electron chi connectivity index (χ0n) is 11.1. The highest BCUT2D eigenvalue weighted by atomic mass is 16.3. The van der Waals surface area contributed by atoms with Gasteiger partial charge < -0.3 is 15.3 Å². The quantitative estimate of drug-likeness (QED) is 0.769. The van der Waals surface area contributed by atoms with E-state index in [1.807, 2.05) is 42.2 Å². The average Bonchev–Trinajstić information content (AvgIpc) is 2.36. The van der Waals surface area contributed by atoms with E-state index in [1.54, 1.807) is 6.92 Å². The van der Waals surface area contributed by atoms with Gasteiger partial charge in [0.2, 0.25) is 5.91 Å². The van der Waals surface area contributed by atoms with Gasteiger partial charge in [0.1, 0.15) is 0 Å². The second-order valence-electron chi connectivity index (χ2n) is 4.34. The molecule has 1 aromatic rings. The predicted molar refractivity (Wildman–Crippen MR) is 73.6 cm³/mol. The number of aliphatic hydroxyl groups is 1. The van der Waals surface area contributed by atoms with E-state index in [2.05, 4.69) is 5.32 Å². The smallest absolute Gasteiger partial charge is 0.239 e. The Labute approximate surface area is 109 Å². The number of benzene rings is 1. The molecule has 0 aliphatic rings. The summed E-state index contributed by atoms with van der Waals surface area (Å²) in [7, 11) is 0. The van der Waals surface area contributed by atoms with Crippen molar-refractivity contribution in [3.63, 3.8) is 0 Å². The number of rotatable bonds is 7. The summed E-state index contributed by atoms with van der Waals surface area (Å²) in [6.45, 7) is 5.39. The lowest BCUT2D eigenvalue weighted by molar-refractivity contribution is -0.119. The Morgan fingerprint density at radius 1 is 1.39 bits per heavy atom. The number of para-hydroxylation sites is 1. The van der Waals surface area contributed by atoms with Gasteiger partial charge in [-0.1, -0.05) is 18.2 Å². The van der Waals surface area contributed by atoms with Crippen LogP contribution < -0.4 is 10.2 Å². The van der Waals surface area contributed by atoms with Crippen LogP contribution in [0.4, 0.5) is 5.69 Å². The molecule has 1 rings (SSSR count). The topological polar surface area (TPSA) is 52.6 Å². The minimum absolute atomic E-state index is 0.0126. The molecular formula is C14H22N2O2. The Hall–Kier alpha value is -1.55. The molecule has 4 nitrogen and oxygen atoms in total. The van der Waals surface area contributed by atoms with Crippen molar-refractivity contribution in [1.29, 1.82) is 0 Å². The van der Waals surface area contributed by atoms with Crippen molar-refractivity contribution in [2.24, 2.45) is 0 Å². The molecule has 1 amide bonds. The van der Waals surface area contributed by atoms with Gasteiger partial charge in [-0.05, 0) is 32.4 Å². The molecule has 2 N–H and O–H groups in total. The molecule has 0 fully saturated rings. The summed E-state index contributed by atoms with van der Waals surface area (Å²) in [6, 6.07) is 9.87. The van der Waals surface area contributed by atoms with Crippen molar-refractivity contribution >= 4 is 11.6 Å². The molecule has 1 unspecified atom stereocenters. The first kappa shape index (κ1) is 14.5. The van der Waals surface area contributed by atoms with Crippen LogP contribution in [-0.2, 0) is 4.79 Å². The summed E-state index contributed by atoms with van der Waals surface area (Å²) < 4.78 is 0. The Balaban J connectivity index is 2.41. The van der Waals surface area contributed by atoms with Gasteiger partial charge in [-0.25, -0.2) is 0 Å². The van der Waals surface area contributed by atoms with Crippen molar-refractivity contribution < 1.29 is 9.90 Å². The molecule has 18 heavy (non-hydrogen) atoms. The maximum Gasteiger partial charge on any atom is 0.239 e. The maximum atomic E-state index is 11.7. The molecule has 0 aliphatic carbocycles. The van der Waals surface area contributed by atoms with E-state index >= 15 is 0 Å². The summed E-state index contributed by atoms with van der Waals surface area (Å²) >= 11 is 0. The number of nitrogens with one attached hydrogen (secondary N) is 1. The van der Waals surface area contributed by atoms with Gasteiger partial charge in [0.25, 0.3) is 0 Å². The predicted octanol–water partition coefficient (Wildman–Crippen LogP) is 1.40. The van der Waals surface area contributed by atoms with Crippen LogP contribution in [0.25, 0.3) is 0 Å². The molecular weight excluding hydrogens is 228 g/mol. The second-order valence-corrected chi connectivity index (χ2v) is 4.34. The number of nitrogens with zero attached hydrogens (tertiary/aromatic N) is 1. The zero-order chi connectivity index (χ0) is 13.4. The molecule has 0 radical (unpaired) electrons. The number of likely N-dealkylation sites (N-methyl/N-ethyl adjacent to an activating group) is 1. The Bertz CT molecular complexity index is 352. The summed E-state index contributed by atoms with van der Waals surface area (Å²) in [4.78, 5) is 13.7. The largest absolute Gasteiger partial charge is 0.393 e. The lowest BCUT2D eigenvalue weighted by Gasteiger charge is -2.22. The fraction of sp³-hybridized carbons (Fsp3) is 0.500. The van der Waals surface area contributed by atoms with Gasteiger partial charge in [0, 0.05) is 18.8 Å². The Morgan fingerprint density at radius 2 is 2.06 bits per heavy atom. The number of carbonyl (C=O) groups excluding carboxylic acids is 1. The third-order valence-corrected chi connectivity index (χ3v) is 2.72. The van der Waals surface area contributed by atoms with Crippen molar-refractivity contribution in [2.45, 2.75) is 26.4 Å². The normalized spacial score (nSPS) is 11.9. The van der Waals surface area contributed by atoms with Gasteiger partial charge in [-0.15, -0.1) is 0 Å². The third-order valence-electron chi connectivity index (χ3n) is 2.72. The second kappa shape index (κ2) is 7.71. The van der Waals surface area contributed by atoms with Crippen LogP contribution in [0, 0.1) is 0 Å². The highest BCUT2D eigenvalue weighted by Crippen LogP contribution is 2.11. The van der Waals surface area contributed by atoms with Crippen LogP contribution >= 0.6 is 0 Å². The number of anilines is 1. The van der Waals surface area contributed by atoms with Crippen LogP contribution in [0.15, 0.2) is 30.3 Å². The molecule has 100 valence electrons. The van der Waals surface area contributed by atoms with Gasteiger partial charge in [-0.2, -0.15) is 0 Å². The van der Waals surface area contributed by atoms with Gasteiger partial charge in [0.05, 0.1) is 12.6 Å². The van der Waals surface area contributed by atoms with Crippen molar-refractivity contribution in [3.05, 3.63) is 30.3 Å². The molecule has 0 spiro atoms. The van der Waals surface area contributed by atoms with Crippen molar-refractivity contribution in [1.82, 2.24) is 5.32 Å². The summed E-state index contributed by atoms with van der Waals surface area (Å²) in [5.74, 6) is -0.0126. The first-order chi connectivity index (χ1) is 8.63. The first-order valence-electron chi connectivity index (χ1n) is 6.38. The van der Waals surface area contributed by atoms with Crippen LogP contribution in [0.5, 0.6) is 0 Å². The first-order valence-corrected chi connectivity index (χ1v) is 6.38. The highest BCUT2D eigenvalue weighted by Gasteiger charge is 2.09. The monoisotopic (exact) mass is 250 g/mol. The fourth-order valence-corrected chi connectivity index (χ4v) is 1.67. The van der Waals surface area contributed by atoms with E-state index in [1.165, 1.54) is 0 Å². The maximum absolute atomic E-state index is 11.7. The molecule has 0 saturated heterocycles. The molecule has 0 saturated carbocycles. The number of aliphatic hydroxyl groups excluding tert-OH is 1. The molecule has 4 heteroatoms. The van der Waals surface area contributed by atoms with Gasteiger partial charge >= 0.3 is 0 Å². The lowest BCUT2D eigenvalue weighted by Crippen LogP contribution is -2.38. The number of hydrogen-bond donors (Lipinski definition) is 2. The van der Waals surface area contributed by atoms with Crippen molar-refractivity contribution in [3.8, 4) is 0 Å². The van der Waals surface area contributed by atoms with E-state index in [-0.39, 0.29) is 12.0 Å². The molecule has 0 aliphatic heterocycles. The van der Waals surface area contributed by atoms with Crippen molar-refractivity contribution in [2.75, 3.05) is 24.5 Å². The minimum atomic E-state index is -0.373. The summed E-state index contributed by atoms with van der Waals surface area (Å²) in [5, 5.41) is 11.9. The number of carbonyl (C=O) groups is 1. The van der Waals surface area contributed by atoms with E-state index in [9.17, 15) is 4.79 Å². The number of amides is 1. The fourth-order valence-electron chi connectivity index (χ4n) is 1.67. The zero-order valence-corrected chi connectivity index (χ0v) is 11.1. The van der Waals surface area contributed by atoms with E-state index in [0.717, 1.165) is 12.2 Å². The molecule has 0 heterocycles. The lowest BCUT2D eigenvalue weighted by atomic mass is 10.2. The minimum Gasteiger partial charge on any atom is -0.393 e. The summed E-state index contributed by atoms with van der Waals surface area (Å²) in [6.07, 6.45) is 0.213. The molecule has 0 aromatic heterocycles. The molecule has 1 aromatic carbocycles. The summed E-state index contributed by atoms with van der Waals surface area (Å²) in [5.41, 5.74) is 1.05. The Morgan fingerprint density at radius 3 is 2.61 bits per heavy atom. The van der Waals surface area contributed by atoms with Crippen LogP contribution in [0.3, 0.4) is 0 Å². The average molecular weight is 250 g/mol. The third kappa shape index (κ3) is 5.19. The standard InChI is InChI=1S/C14H22N2O2/c1-3-16(13-7-5-4-6-8-13)11-14(18)15-10-9-12(2)17/h4-8,12,17H,3,9-11H2,1-2H3,(H,15,18). The molecule has 0 bridgehead atoms. The Kier molecular flexibility index (Phi) is 6.22. The van der Waals surface area contributed by atoms with Crippen LogP contribution in [0.2, 0.25) is 0 Å². The highest BCUT2D eigenvalue weighted by molar-refractivity contribution is 5.81. The van der Waals surface area contributed by atoms with Crippen LogP contribution in [-0.4, -0.2) is 36.8 Å². The van der Waals surface area contributed by atoms with E-state index < -0.39 is 0 Å². The van der Waals surface area contributed by atoms with Gasteiger partial charge in [0.15, 0.2) is 0 Å². The number of hydrogen-bond acceptors (Lipinski definition) is 3. The molecule has 1 atom stereocenters. The van der Waals surface area contributed by atoms with Gasteiger partial charge in [-0.3, -0.25) is 4.79 Å². The SMILES string of the molecule is CCN(CC(=O)NCCC(C)O)c1ccccc1. The van der Waals surface area contributed by atoms with E-state index in [0.29, 0.717) is 19.5 Å². The van der Waals surface area contributed by atoms with Crippen LogP contribution in [0.1, 0.15) is 20.3 Å².